The lowest BCUT2D eigenvalue weighted by molar-refractivity contribution is -0.120. The average molecular weight is 324 g/mol. The number of rotatable bonds is 6. The Hall–Kier alpha value is -2.62. The van der Waals surface area contributed by atoms with E-state index in [4.69, 9.17) is 0 Å². The number of carbonyl (C=O) groups excluding carboxylic acids is 2. The predicted molar refractivity (Wildman–Crippen MR) is 97.4 cm³/mol. The third-order valence-electron chi connectivity index (χ3n) is 4.15. The van der Waals surface area contributed by atoms with Crippen molar-refractivity contribution in [3.05, 3.63) is 64.7 Å². The van der Waals surface area contributed by atoms with Gasteiger partial charge in [-0.25, -0.2) is 0 Å². The Morgan fingerprint density at radius 2 is 1.67 bits per heavy atom. The number of ketones is 1. The van der Waals surface area contributed by atoms with Gasteiger partial charge in [0.05, 0.1) is 12.6 Å². The Bertz CT molecular complexity index is 736. The van der Waals surface area contributed by atoms with Crippen LogP contribution in [0.15, 0.2) is 42.5 Å². The molecule has 1 amide bonds. The first-order valence-electron chi connectivity index (χ1n) is 8.08. The van der Waals surface area contributed by atoms with Crippen molar-refractivity contribution in [3.63, 3.8) is 0 Å². The van der Waals surface area contributed by atoms with Gasteiger partial charge in [0, 0.05) is 11.3 Å². The lowest BCUT2D eigenvalue weighted by atomic mass is 10.0. The van der Waals surface area contributed by atoms with E-state index in [0.29, 0.717) is 5.56 Å². The Morgan fingerprint density at radius 3 is 2.25 bits per heavy atom. The highest BCUT2D eigenvalue weighted by Gasteiger charge is 2.10. The summed E-state index contributed by atoms with van der Waals surface area (Å²) in [5.41, 5.74) is 5.03. The van der Waals surface area contributed by atoms with E-state index in [1.807, 2.05) is 13.0 Å². The molecule has 1 atom stereocenters. The molecule has 0 saturated carbocycles. The van der Waals surface area contributed by atoms with Crippen LogP contribution in [0.5, 0.6) is 0 Å². The van der Waals surface area contributed by atoms with Crippen LogP contribution in [-0.2, 0) is 4.79 Å². The summed E-state index contributed by atoms with van der Waals surface area (Å²) in [5, 5.41) is 6.05. The maximum absolute atomic E-state index is 12.1. The second-order valence-electron chi connectivity index (χ2n) is 6.12. The molecule has 0 aliphatic rings. The third-order valence-corrected chi connectivity index (χ3v) is 4.15. The predicted octanol–water partition coefficient (Wildman–Crippen LogP) is 3.80. The molecule has 2 rings (SSSR count). The first kappa shape index (κ1) is 17.7. The van der Waals surface area contributed by atoms with Gasteiger partial charge in [0.2, 0.25) is 5.91 Å². The Balaban J connectivity index is 1.88. The average Bonchev–Trinajstić information content (AvgIpc) is 2.55. The number of anilines is 1. The Labute approximate surface area is 143 Å². The fraction of sp³-hybridized carbons (Fsp3) is 0.300. The molecule has 0 saturated heterocycles. The van der Waals surface area contributed by atoms with Crippen LogP contribution in [-0.4, -0.2) is 18.2 Å². The van der Waals surface area contributed by atoms with Crippen LogP contribution in [0.2, 0.25) is 0 Å². The molecular weight excluding hydrogens is 300 g/mol. The molecule has 0 aliphatic heterocycles. The van der Waals surface area contributed by atoms with Crippen LogP contribution in [0, 0.1) is 13.8 Å². The zero-order valence-electron chi connectivity index (χ0n) is 14.6. The van der Waals surface area contributed by atoms with Crippen LogP contribution in [0.4, 0.5) is 5.69 Å². The fourth-order valence-electron chi connectivity index (χ4n) is 2.41. The van der Waals surface area contributed by atoms with Gasteiger partial charge in [-0.1, -0.05) is 18.2 Å². The van der Waals surface area contributed by atoms with Gasteiger partial charge < -0.3 is 10.6 Å². The monoisotopic (exact) mass is 324 g/mol. The normalized spacial score (nSPS) is 11.7. The molecule has 24 heavy (non-hydrogen) atoms. The van der Waals surface area contributed by atoms with Gasteiger partial charge in [-0.15, -0.1) is 0 Å². The topological polar surface area (TPSA) is 58.2 Å². The quantitative estimate of drug-likeness (QED) is 0.795. The van der Waals surface area contributed by atoms with Crippen LogP contribution in [0.3, 0.4) is 0 Å². The molecule has 0 unspecified atom stereocenters. The number of aryl methyl sites for hydroxylation is 2. The highest BCUT2D eigenvalue weighted by Crippen LogP contribution is 2.16. The van der Waals surface area contributed by atoms with E-state index in [1.54, 1.807) is 24.3 Å². The van der Waals surface area contributed by atoms with Gasteiger partial charge in [-0.2, -0.15) is 0 Å². The summed E-state index contributed by atoms with van der Waals surface area (Å²) in [6.45, 7) is 7.84. The minimum absolute atomic E-state index is 0.0292. The van der Waals surface area contributed by atoms with Gasteiger partial charge >= 0.3 is 0 Å². The summed E-state index contributed by atoms with van der Waals surface area (Å²) in [7, 11) is 0. The fourth-order valence-corrected chi connectivity index (χ4v) is 2.41. The standard InChI is InChI=1S/C20H24N2O2/c1-13-5-6-18(11-14(13)2)15(3)22-20(24)12-21-19-9-7-17(8-10-19)16(4)23/h5-11,15,21H,12H2,1-4H3,(H,22,24)/t15-/m1/s1. The van der Waals surface area contributed by atoms with Gasteiger partial charge in [-0.05, 0) is 68.7 Å². The molecule has 2 aromatic carbocycles. The SMILES string of the molecule is CC(=O)c1ccc(NCC(=O)N[C@H](C)c2ccc(C)c(C)c2)cc1. The van der Waals surface area contributed by atoms with E-state index in [-0.39, 0.29) is 24.3 Å². The largest absolute Gasteiger partial charge is 0.376 e. The van der Waals surface area contributed by atoms with E-state index < -0.39 is 0 Å². The van der Waals surface area contributed by atoms with Crippen molar-refractivity contribution in [1.29, 1.82) is 0 Å². The summed E-state index contributed by atoms with van der Waals surface area (Å²) in [6.07, 6.45) is 0. The first-order chi connectivity index (χ1) is 11.4. The molecule has 0 aliphatic carbocycles. The summed E-state index contributed by atoms with van der Waals surface area (Å²) in [6, 6.07) is 13.3. The van der Waals surface area contributed by atoms with Crippen molar-refractivity contribution in [2.75, 3.05) is 11.9 Å². The van der Waals surface area contributed by atoms with Gasteiger partial charge in [0.1, 0.15) is 0 Å². The number of hydrogen-bond acceptors (Lipinski definition) is 3. The molecule has 4 nitrogen and oxygen atoms in total. The Morgan fingerprint density at radius 1 is 1.00 bits per heavy atom. The number of nitrogens with one attached hydrogen (secondary N) is 2. The highest BCUT2D eigenvalue weighted by atomic mass is 16.2. The second kappa shape index (κ2) is 7.77. The van der Waals surface area contributed by atoms with Gasteiger partial charge in [-0.3, -0.25) is 9.59 Å². The zero-order chi connectivity index (χ0) is 17.7. The van der Waals surface area contributed by atoms with Gasteiger partial charge in [0.25, 0.3) is 0 Å². The maximum atomic E-state index is 12.1. The molecule has 126 valence electrons. The van der Waals surface area contributed by atoms with Crippen molar-refractivity contribution < 1.29 is 9.59 Å². The molecular formula is C20H24N2O2. The van der Waals surface area contributed by atoms with E-state index in [0.717, 1.165) is 11.3 Å². The van der Waals surface area contributed by atoms with E-state index in [1.165, 1.54) is 18.1 Å². The lowest BCUT2D eigenvalue weighted by Crippen LogP contribution is -2.32. The molecule has 0 fully saturated rings. The van der Waals surface area contributed by atoms with Crippen molar-refractivity contribution in [2.24, 2.45) is 0 Å². The summed E-state index contributed by atoms with van der Waals surface area (Å²) in [4.78, 5) is 23.3. The molecule has 2 aromatic rings. The number of amides is 1. The second-order valence-corrected chi connectivity index (χ2v) is 6.12. The number of hydrogen-bond donors (Lipinski definition) is 2. The van der Waals surface area contributed by atoms with E-state index >= 15 is 0 Å². The van der Waals surface area contributed by atoms with Crippen LogP contribution >= 0.6 is 0 Å². The first-order valence-corrected chi connectivity index (χ1v) is 8.08. The smallest absolute Gasteiger partial charge is 0.239 e. The van der Waals surface area contributed by atoms with Crippen molar-refractivity contribution in [1.82, 2.24) is 5.32 Å². The minimum atomic E-state index is -0.0728. The van der Waals surface area contributed by atoms with Crippen molar-refractivity contribution >= 4 is 17.4 Å². The number of carbonyl (C=O) groups is 2. The summed E-state index contributed by atoms with van der Waals surface area (Å²) >= 11 is 0. The molecule has 0 radical (unpaired) electrons. The maximum Gasteiger partial charge on any atom is 0.239 e. The summed E-state index contributed by atoms with van der Waals surface area (Å²) in [5.74, 6) is -0.0436. The molecule has 0 spiro atoms. The third kappa shape index (κ3) is 4.69. The zero-order valence-corrected chi connectivity index (χ0v) is 14.6. The van der Waals surface area contributed by atoms with Crippen molar-refractivity contribution in [2.45, 2.75) is 33.7 Å². The lowest BCUT2D eigenvalue weighted by Gasteiger charge is -2.16. The highest BCUT2D eigenvalue weighted by molar-refractivity contribution is 5.94. The number of benzene rings is 2. The van der Waals surface area contributed by atoms with E-state index in [9.17, 15) is 9.59 Å². The van der Waals surface area contributed by atoms with E-state index in [2.05, 4.69) is 36.6 Å². The van der Waals surface area contributed by atoms with Crippen LogP contribution < -0.4 is 10.6 Å². The molecule has 0 bridgehead atoms. The minimum Gasteiger partial charge on any atom is -0.376 e. The van der Waals surface area contributed by atoms with Crippen LogP contribution in [0.25, 0.3) is 0 Å². The van der Waals surface area contributed by atoms with Crippen LogP contribution in [0.1, 0.15) is 46.9 Å². The Kier molecular flexibility index (Phi) is 5.74. The van der Waals surface area contributed by atoms with Crippen molar-refractivity contribution in [3.8, 4) is 0 Å². The molecule has 0 heterocycles. The molecule has 0 aromatic heterocycles. The molecule has 4 heteroatoms. The van der Waals surface area contributed by atoms with Gasteiger partial charge in [0.15, 0.2) is 5.78 Å². The summed E-state index contributed by atoms with van der Waals surface area (Å²) < 4.78 is 0. The number of Topliss-reactive ketones (excluding diaryl/α,β-unsaturated/α-hetero) is 1. The molecule has 2 N–H and O–H groups in total.